The highest BCUT2D eigenvalue weighted by atomic mass is 16.7. The normalized spacial score (nSPS) is 22.2. The first-order valence-corrected chi connectivity index (χ1v) is 20.8. The standard InChI is InChI=1S/C45H50N8O8/c1-25(2)38(51-44(57)59-4)42(55)53-24-45(60-17-18-61-45)20-35(53)41-47-22-34(49-41)29-11-7-27(8-12-29)26-5-9-28(10-6-26)33-21-46-40(48-33)31-19-36(54)37-32(50-43(56)58-3)14-13-30-15-16-52(23-31)39(30)37/h5-12,15-16,21-22,25,31-32,35,37-38H,13-14,17-20,23-24H2,1-4H3,(H,46,48)(H,47,49)(H,50,56)(H,51,57)/t31-,32-,35-,37?,38-/m0/s1. The fraction of sp³-hybridized carbons (Fsp3) is 0.422. The van der Waals surface area contributed by atoms with Gasteiger partial charge in [-0.05, 0) is 52.6 Å². The van der Waals surface area contributed by atoms with E-state index in [1.807, 2.05) is 38.4 Å². The molecule has 61 heavy (non-hydrogen) atoms. The summed E-state index contributed by atoms with van der Waals surface area (Å²) in [6.07, 6.45) is 6.62. The Hall–Kier alpha value is -6.26. The molecule has 2 aromatic carbocycles. The molecule has 3 aliphatic heterocycles. The number of carbonyl (C=O) groups is 4. The number of amides is 3. The molecule has 0 saturated carbocycles. The number of ketones is 1. The highest BCUT2D eigenvalue weighted by Gasteiger charge is 2.53. The lowest BCUT2D eigenvalue weighted by atomic mass is 9.79. The van der Waals surface area contributed by atoms with Crippen LogP contribution in [-0.2, 0) is 41.5 Å². The fourth-order valence-electron chi connectivity index (χ4n) is 9.47. The van der Waals surface area contributed by atoms with Gasteiger partial charge in [0, 0.05) is 43.2 Å². The number of hydrogen-bond donors (Lipinski definition) is 4. The fourth-order valence-corrected chi connectivity index (χ4v) is 9.47. The van der Waals surface area contributed by atoms with E-state index < -0.39 is 36.0 Å². The predicted molar refractivity (Wildman–Crippen MR) is 222 cm³/mol. The van der Waals surface area contributed by atoms with Crippen LogP contribution in [0.1, 0.15) is 73.9 Å². The van der Waals surface area contributed by atoms with Crippen molar-refractivity contribution in [3.8, 4) is 33.6 Å². The summed E-state index contributed by atoms with van der Waals surface area (Å²) in [4.78, 5) is 70.2. The Kier molecular flexibility index (Phi) is 10.7. The van der Waals surface area contributed by atoms with Crippen LogP contribution in [-0.4, -0.2) is 105 Å². The van der Waals surface area contributed by atoms with Crippen molar-refractivity contribution in [2.75, 3.05) is 34.0 Å². The molecule has 4 N–H and O–H groups in total. The molecule has 3 amide bonds. The van der Waals surface area contributed by atoms with Crippen molar-refractivity contribution in [3.05, 3.63) is 96.1 Å². The lowest BCUT2D eigenvalue weighted by molar-refractivity contribution is -0.153. The van der Waals surface area contributed by atoms with Gasteiger partial charge in [0.15, 0.2) is 5.79 Å². The first-order chi connectivity index (χ1) is 29.5. The smallest absolute Gasteiger partial charge is 0.407 e. The van der Waals surface area contributed by atoms with Gasteiger partial charge in [-0.2, -0.15) is 0 Å². The number of benzene rings is 2. The number of Topliss-reactive ketones (excluding diaryl/α,β-unsaturated/α-hetero) is 1. The molecule has 5 aromatic rings. The summed E-state index contributed by atoms with van der Waals surface area (Å²) in [6.45, 7) is 5.45. The number of alkyl carbamates (subject to hydrolysis) is 2. The van der Waals surface area contributed by atoms with E-state index in [1.54, 1.807) is 11.1 Å². The zero-order chi connectivity index (χ0) is 42.4. The molecule has 318 valence electrons. The lowest BCUT2D eigenvalue weighted by Crippen LogP contribution is -2.52. The number of hydrogen-bond acceptors (Lipinski definition) is 10. The summed E-state index contributed by atoms with van der Waals surface area (Å²) >= 11 is 0. The average molecular weight is 831 g/mol. The maximum Gasteiger partial charge on any atom is 0.407 e. The second kappa shape index (κ2) is 16.3. The Morgan fingerprint density at radius 1 is 0.852 bits per heavy atom. The third kappa shape index (κ3) is 7.69. The van der Waals surface area contributed by atoms with Crippen LogP contribution in [0.15, 0.2) is 73.2 Å². The Balaban J connectivity index is 0.881. The van der Waals surface area contributed by atoms with Crippen molar-refractivity contribution in [1.82, 2.24) is 40.0 Å². The van der Waals surface area contributed by atoms with E-state index in [2.05, 4.69) is 67.6 Å². The number of rotatable bonds is 9. The number of nitrogens with one attached hydrogen (secondary N) is 4. The third-order valence-corrected chi connectivity index (χ3v) is 12.6. The van der Waals surface area contributed by atoms with Gasteiger partial charge >= 0.3 is 12.2 Å². The van der Waals surface area contributed by atoms with Crippen LogP contribution in [0.3, 0.4) is 0 Å². The van der Waals surface area contributed by atoms with E-state index in [4.69, 9.17) is 28.9 Å². The number of aromatic amines is 2. The second-order valence-electron chi connectivity index (χ2n) is 16.7. The maximum absolute atomic E-state index is 14.0. The van der Waals surface area contributed by atoms with Crippen LogP contribution in [0.4, 0.5) is 9.59 Å². The molecule has 3 aromatic heterocycles. The van der Waals surface area contributed by atoms with Crippen LogP contribution >= 0.6 is 0 Å². The second-order valence-corrected chi connectivity index (χ2v) is 16.7. The topological polar surface area (TPSA) is 195 Å². The first-order valence-electron chi connectivity index (χ1n) is 20.8. The van der Waals surface area contributed by atoms with E-state index in [0.29, 0.717) is 44.8 Å². The van der Waals surface area contributed by atoms with E-state index >= 15 is 0 Å². The van der Waals surface area contributed by atoms with E-state index in [1.165, 1.54) is 14.2 Å². The molecule has 1 aliphatic carbocycles. The van der Waals surface area contributed by atoms with Gasteiger partial charge in [0.25, 0.3) is 0 Å². The monoisotopic (exact) mass is 830 g/mol. The SMILES string of the molecule is COC(=O)N[C@H]1CCc2ccn3c2C1C(=O)C[C@H](c1ncc(-c2ccc(-c4ccc(-c5cnc([C@@H]6CC7(CN6C(=O)[C@@H](NC(=O)OC)C(C)C)OCCO7)[nH]5)cc4)cc2)[nH]1)C3. The minimum absolute atomic E-state index is 0.0899. The first kappa shape index (κ1) is 40.2. The summed E-state index contributed by atoms with van der Waals surface area (Å²) in [5, 5.41) is 5.60. The Morgan fingerprint density at radius 3 is 2.08 bits per heavy atom. The number of nitrogens with zero attached hydrogens (tertiary/aromatic N) is 4. The molecule has 16 nitrogen and oxygen atoms in total. The molecular formula is C45H50N8O8. The molecule has 16 heteroatoms. The van der Waals surface area contributed by atoms with Crippen LogP contribution in [0, 0.1) is 5.92 Å². The van der Waals surface area contributed by atoms with E-state index in [-0.39, 0.29) is 36.1 Å². The summed E-state index contributed by atoms with van der Waals surface area (Å²) in [5.41, 5.74) is 7.79. The number of H-pyrrole nitrogens is 2. The van der Waals surface area contributed by atoms with Crippen molar-refractivity contribution in [3.63, 3.8) is 0 Å². The quantitative estimate of drug-likeness (QED) is 0.140. The number of ether oxygens (including phenoxy) is 4. The van der Waals surface area contributed by atoms with Gasteiger partial charge in [-0.3, -0.25) is 9.59 Å². The Labute approximate surface area is 352 Å². The maximum atomic E-state index is 14.0. The Bertz CT molecular complexity index is 2430. The van der Waals surface area contributed by atoms with Crippen molar-refractivity contribution < 1.29 is 38.1 Å². The van der Waals surface area contributed by atoms with Crippen molar-refractivity contribution in [2.24, 2.45) is 5.92 Å². The zero-order valence-corrected chi connectivity index (χ0v) is 34.6. The number of likely N-dealkylation sites (tertiary alicyclic amines) is 1. The number of imidazole rings is 2. The number of methoxy groups -OCH3 is 2. The lowest BCUT2D eigenvalue weighted by Gasteiger charge is -2.31. The van der Waals surface area contributed by atoms with E-state index in [0.717, 1.165) is 57.1 Å². The molecule has 6 heterocycles. The van der Waals surface area contributed by atoms with Crippen molar-refractivity contribution in [2.45, 2.75) is 81.8 Å². The molecule has 5 atom stereocenters. The molecule has 2 fully saturated rings. The molecule has 9 rings (SSSR count). The molecule has 0 radical (unpaired) electrons. The van der Waals surface area contributed by atoms with Gasteiger partial charge in [-0.15, -0.1) is 0 Å². The molecule has 1 spiro atoms. The third-order valence-electron chi connectivity index (χ3n) is 12.6. The summed E-state index contributed by atoms with van der Waals surface area (Å²) < 4.78 is 23.9. The van der Waals surface area contributed by atoms with Crippen LogP contribution in [0.25, 0.3) is 33.6 Å². The highest BCUT2D eigenvalue weighted by molar-refractivity contribution is 5.89. The average Bonchev–Trinajstić information content (AvgIpc) is 4.13. The van der Waals surface area contributed by atoms with Gasteiger partial charge in [0.1, 0.15) is 23.5 Å². The zero-order valence-electron chi connectivity index (χ0n) is 34.6. The minimum Gasteiger partial charge on any atom is -0.453 e. The number of aromatic nitrogens is 5. The van der Waals surface area contributed by atoms with Gasteiger partial charge in [-0.1, -0.05) is 62.4 Å². The van der Waals surface area contributed by atoms with Crippen LogP contribution in [0.5, 0.6) is 0 Å². The molecule has 0 bridgehead atoms. The molecular weight excluding hydrogens is 781 g/mol. The Morgan fingerprint density at radius 2 is 1.46 bits per heavy atom. The molecule has 1 unspecified atom stereocenters. The van der Waals surface area contributed by atoms with Crippen molar-refractivity contribution >= 4 is 23.9 Å². The minimum atomic E-state index is -0.934. The summed E-state index contributed by atoms with van der Waals surface area (Å²) in [7, 11) is 2.61. The molecule has 4 aliphatic rings. The summed E-state index contributed by atoms with van der Waals surface area (Å²) in [5.74, 6) is -0.510. The van der Waals surface area contributed by atoms with Gasteiger partial charge in [0.2, 0.25) is 5.91 Å². The summed E-state index contributed by atoms with van der Waals surface area (Å²) in [6, 6.07) is 17.0. The van der Waals surface area contributed by atoms with Gasteiger partial charge in [-0.25, -0.2) is 19.6 Å². The largest absolute Gasteiger partial charge is 0.453 e. The van der Waals surface area contributed by atoms with Gasteiger partial charge < -0.3 is 49.0 Å². The number of carbonyl (C=O) groups excluding carboxylic acids is 4. The van der Waals surface area contributed by atoms with Crippen molar-refractivity contribution in [1.29, 1.82) is 0 Å². The van der Waals surface area contributed by atoms with Crippen LogP contribution in [0.2, 0.25) is 0 Å². The van der Waals surface area contributed by atoms with E-state index in [9.17, 15) is 19.2 Å². The van der Waals surface area contributed by atoms with Gasteiger partial charge in [0.05, 0.1) is 69.7 Å². The van der Waals surface area contributed by atoms with Crippen LogP contribution < -0.4 is 10.6 Å². The number of aryl methyl sites for hydroxylation is 1. The highest BCUT2D eigenvalue weighted by Crippen LogP contribution is 2.43. The molecule has 2 saturated heterocycles. The predicted octanol–water partition coefficient (Wildman–Crippen LogP) is 5.84.